The number of amides is 4. The standard InChI is InChI=1S/C20H22N4O3/c1-5-24-12(2)20(17(25)22(3)19(27)23(4)18(20)26)11-14-10-13-8-6-7-9-15(13)21-16(14)24/h6-10,12H,5,11H2,1-4H3/t12-/m1/s1. The molecule has 4 amide bonds. The van der Waals surface area contributed by atoms with Gasteiger partial charge in [-0.3, -0.25) is 19.4 Å². The first-order valence-corrected chi connectivity index (χ1v) is 9.08. The van der Waals surface area contributed by atoms with Crippen molar-refractivity contribution >= 4 is 34.6 Å². The molecule has 1 spiro atoms. The number of aromatic nitrogens is 1. The Balaban J connectivity index is 1.95. The van der Waals surface area contributed by atoms with Gasteiger partial charge in [-0.25, -0.2) is 9.78 Å². The van der Waals surface area contributed by atoms with Crippen LogP contribution in [-0.4, -0.2) is 59.3 Å². The highest BCUT2D eigenvalue weighted by Gasteiger charge is 2.61. The van der Waals surface area contributed by atoms with Crippen molar-refractivity contribution in [1.29, 1.82) is 0 Å². The number of urea groups is 1. The van der Waals surface area contributed by atoms with Gasteiger partial charge in [-0.05, 0) is 31.5 Å². The van der Waals surface area contributed by atoms with Crippen LogP contribution in [0.2, 0.25) is 0 Å². The molecule has 1 fully saturated rings. The summed E-state index contributed by atoms with van der Waals surface area (Å²) in [6.45, 7) is 4.45. The Labute approximate surface area is 157 Å². The van der Waals surface area contributed by atoms with Crippen molar-refractivity contribution in [2.24, 2.45) is 5.41 Å². The minimum absolute atomic E-state index is 0.234. The lowest BCUT2D eigenvalue weighted by atomic mass is 9.69. The topological polar surface area (TPSA) is 73.8 Å². The third-order valence-electron chi connectivity index (χ3n) is 5.99. The molecule has 0 radical (unpaired) electrons. The van der Waals surface area contributed by atoms with E-state index in [1.165, 1.54) is 14.1 Å². The van der Waals surface area contributed by atoms with Crippen molar-refractivity contribution in [2.75, 3.05) is 25.5 Å². The molecule has 2 aromatic rings. The Kier molecular flexibility index (Phi) is 3.73. The highest BCUT2D eigenvalue weighted by Crippen LogP contribution is 2.45. The van der Waals surface area contributed by atoms with Crippen molar-refractivity contribution in [1.82, 2.24) is 14.8 Å². The lowest BCUT2D eigenvalue weighted by Crippen LogP contribution is -2.70. The quantitative estimate of drug-likeness (QED) is 0.722. The van der Waals surface area contributed by atoms with Crippen LogP contribution in [0.4, 0.5) is 10.6 Å². The zero-order valence-corrected chi connectivity index (χ0v) is 15.9. The fourth-order valence-corrected chi connectivity index (χ4v) is 4.45. The predicted molar refractivity (Wildman–Crippen MR) is 101 cm³/mol. The van der Waals surface area contributed by atoms with Crippen LogP contribution in [0.3, 0.4) is 0 Å². The van der Waals surface area contributed by atoms with Crippen molar-refractivity contribution < 1.29 is 14.4 Å². The van der Waals surface area contributed by atoms with Gasteiger partial charge in [0.05, 0.1) is 11.6 Å². The van der Waals surface area contributed by atoms with E-state index < -0.39 is 29.3 Å². The zero-order valence-electron chi connectivity index (χ0n) is 15.9. The molecule has 1 aromatic heterocycles. The number of hydrogen-bond acceptors (Lipinski definition) is 5. The number of rotatable bonds is 1. The van der Waals surface area contributed by atoms with Gasteiger partial charge in [0.25, 0.3) is 0 Å². The van der Waals surface area contributed by atoms with Gasteiger partial charge in [0.2, 0.25) is 11.8 Å². The smallest absolute Gasteiger partial charge is 0.332 e. The molecule has 0 N–H and O–H groups in total. The number of benzene rings is 1. The average Bonchev–Trinajstić information content (AvgIpc) is 2.68. The molecule has 0 unspecified atom stereocenters. The Morgan fingerprint density at radius 3 is 2.37 bits per heavy atom. The molecule has 2 aliphatic rings. The molecule has 1 saturated heterocycles. The van der Waals surface area contributed by atoms with Crippen LogP contribution < -0.4 is 4.90 Å². The van der Waals surface area contributed by atoms with Gasteiger partial charge in [-0.2, -0.15) is 0 Å². The lowest BCUT2D eigenvalue weighted by molar-refractivity contribution is -0.158. The molecule has 0 bridgehead atoms. The second-order valence-corrected chi connectivity index (χ2v) is 7.28. The Hall–Kier alpha value is -2.96. The number of hydrogen-bond donors (Lipinski definition) is 0. The van der Waals surface area contributed by atoms with Crippen molar-refractivity contribution in [3.8, 4) is 0 Å². The van der Waals surface area contributed by atoms with Crippen molar-refractivity contribution in [2.45, 2.75) is 26.3 Å². The number of carbonyl (C=O) groups is 3. The highest BCUT2D eigenvalue weighted by atomic mass is 16.2. The van der Waals surface area contributed by atoms with Gasteiger partial charge in [-0.1, -0.05) is 18.2 Å². The number of fused-ring (bicyclic) bond motifs is 2. The number of anilines is 1. The highest BCUT2D eigenvalue weighted by molar-refractivity contribution is 6.20. The summed E-state index contributed by atoms with van der Waals surface area (Å²) in [5.74, 6) is -0.0853. The number of carbonyl (C=O) groups excluding carboxylic acids is 3. The molecular weight excluding hydrogens is 344 g/mol. The average molecular weight is 366 g/mol. The number of pyridine rings is 1. The largest absolute Gasteiger partial charge is 0.352 e. The molecule has 1 aromatic carbocycles. The van der Waals surface area contributed by atoms with Crippen molar-refractivity contribution in [3.05, 3.63) is 35.9 Å². The normalized spacial score (nSPS) is 22.0. The predicted octanol–water partition coefficient (Wildman–Crippen LogP) is 2.04. The summed E-state index contributed by atoms with van der Waals surface area (Å²) in [6, 6.07) is 8.80. The second kappa shape index (κ2) is 5.77. The monoisotopic (exact) mass is 366 g/mol. The number of imide groups is 2. The van der Waals surface area contributed by atoms with Crippen LogP contribution >= 0.6 is 0 Å². The van der Waals surface area contributed by atoms with Crippen LogP contribution in [0.1, 0.15) is 19.4 Å². The van der Waals surface area contributed by atoms with E-state index >= 15 is 0 Å². The van der Waals surface area contributed by atoms with Crippen LogP contribution in [0.5, 0.6) is 0 Å². The molecule has 7 heteroatoms. The molecule has 1 atom stereocenters. The number of para-hydroxylation sites is 1. The van der Waals surface area contributed by atoms with Crippen LogP contribution in [0.25, 0.3) is 10.9 Å². The van der Waals surface area contributed by atoms with Crippen LogP contribution in [0, 0.1) is 5.41 Å². The fraction of sp³-hybridized carbons (Fsp3) is 0.400. The Morgan fingerprint density at radius 1 is 1.11 bits per heavy atom. The summed E-state index contributed by atoms with van der Waals surface area (Å²) in [7, 11) is 2.87. The molecule has 4 rings (SSSR count). The van der Waals surface area contributed by atoms with Crippen LogP contribution in [0.15, 0.2) is 30.3 Å². The first-order valence-electron chi connectivity index (χ1n) is 9.08. The molecule has 0 aliphatic carbocycles. The van der Waals surface area contributed by atoms with Gasteiger partial charge in [0.15, 0.2) is 5.41 Å². The van der Waals surface area contributed by atoms with Gasteiger partial charge < -0.3 is 4.90 Å². The van der Waals surface area contributed by atoms with E-state index in [9.17, 15) is 14.4 Å². The lowest BCUT2D eigenvalue weighted by Gasteiger charge is -2.51. The molecule has 140 valence electrons. The summed E-state index contributed by atoms with van der Waals surface area (Å²) in [5.41, 5.74) is 0.403. The first kappa shape index (κ1) is 17.5. The molecule has 0 saturated carbocycles. The van der Waals surface area contributed by atoms with Gasteiger partial charge in [0.1, 0.15) is 5.82 Å². The van der Waals surface area contributed by atoms with E-state index in [0.29, 0.717) is 6.54 Å². The Bertz CT molecular complexity index is 962. The fourth-order valence-electron chi connectivity index (χ4n) is 4.45. The van der Waals surface area contributed by atoms with Gasteiger partial charge >= 0.3 is 6.03 Å². The third kappa shape index (κ3) is 2.14. The minimum atomic E-state index is -1.33. The summed E-state index contributed by atoms with van der Waals surface area (Å²) in [6.07, 6.45) is 0.234. The summed E-state index contributed by atoms with van der Waals surface area (Å²) in [5, 5.41) is 0.963. The molecule has 7 nitrogen and oxygen atoms in total. The maximum absolute atomic E-state index is 13.2. The van der Waals surface area contributed by atoms with E-state index in [4.69, 9.17) is 4.98 Å². The van der Waals surface area contributed by atoms with Crippen LogP contribution in [-0.2, 0) is 16.0 Å². The van der Waals surface area contributed by atoms with Crippen molar-refractivity contribution in [3.63, 3.8) is 0 Å². The second-order valence-electron chi connectivity index (χ2n) is 7.28. The Morgan fingerprint density at radius 2 is 1.74 bits per heavy atom. The van der Waals surface area contributed by atoms with Gasteiger partial charge in [0, 0.05) is 32.4 Å². The third-order valence-corrected chi connectivity index (χ3v) is 5.99. The first-order chi connectivity index (χ1) is 12.8. The van der Waals surface area contributed by atoms with Gasteiger partial charge in [-0.15, -0.1) is 0 Å². The zero-order chi connectivity index (χ0) is 19.5. The SMILES string of the molecule is CCN1c2nc3ccccc3cc2CC2(C(=O)N(C)C(=O)N(C)C2=O)[C@H]1C. The maximum atomic E-state index is 13.2. The summed E-state index contributed by atoms with van der Waals surface area (Å²) < 4.78 is 0. The molecule has 27 heavy (non-hydrogen) atoms. The molecule has 3 heterocycles. The minimum Gasteiger partial charge on any atom is -0.352 e. The molecular formula is C20H22N4O3. The molecule has 2 aliphatic heterocycles. The van der Waals surface area contributed by atoms with E-state index in [1.807, 2.05) is 49.1 Å². The van der Waals surface area contributed by atoms with E-state index in [-0.39, 0.29) is 6.42 Å². The number of barbiturate groups is 1. The maximum Gasteiger partial charge on any atom is 0.332 e. The number of nitrogens with zero attached hydrogens (tertiary/aromatic N) is 4. The summed E-state index contributed by atoms with van der Waals surface area (Å²) >= 11 is 0. The van der Waals surface area contributed by atoms with E-state index in [0.717, 1.165) is 32.1 Å². The van der Waals surface area contributed by atoms with E-state index in [1.54, 1.807) is 0 Å². The van der Waals surface area contributed by atoms with E-state index in [2.05, 4.69) is 0 Å². The summed E-state index contributed by atoms with van der Waals surface area (Å²) in [4.78, 5) is 47.6.